The minimum atomic E-state index is 0.429. The van der Waals surface area contributed by atoms with Gasteiger partial charge >= 0.3 is 0 Å². The number of nitrogens with one attached hydrogen (secondary N) is 1. The van der Waals surface area contributed by atoms with Gasteiger partial charge in [0.15, 0.2) is 5.69 Å². The van der Waals surface area contributed by atoms with Crippen LogP contribution in [0.2, 0.25) is 0 Å². The van der Waals surface area contributed by atoms with Crippen LogP contribution < -0.4 is 4.74 Å². The molecule has 80 valence electrons. The predicted octanol–water partition coefficient (Wildman–Crippen LogP) is 2.27. The van der Waals surface area contributed by atoms with E-state index in [9.17, 15) is 0 Å². The summed E-state index contributed by atoms with van der Waals surface area (Å²) < 4.78 is 5.13. The number of aryl methyl sites for hydroxylation is 1. The van der Waals surface area contributed by atoms with Gasteiger partial charge in [0.25, 0.3) is 0 Å². The van der Waals surface area contributed by atoms with Gasteiger partial charge in [0, 0.05) is 5.56 Å². The maximum absolute atomic E-state index is 8.82. The molecule has 0 unspecified atom stereocenters. The average Bonchev–Trinajstić information content (AvgIpc) is 2.71. The highest BCUT2D eigenvalue weighted by Crippen LogP contribution is 2.22. The van der Waals surface area contributed by atoms with Crippen LogP contribution in [0.3, 0.4) is 0 Å². The molecule has 1 aromatic carbocycles. The number of rotatable bonds is 2. The Labute approximate surface area is 93.5 Å². The molecule has 1 heterocycles. The molecule has 0 saturated carbocycles. The molecule has 1 N–H and O–H groups in total. The molecule has 2 aromatic rings. The molecule has 1 aromatic heterocycles. The highest BCUT2D eigenvalue weighted by Gasteiger charge is 2.08. The third kappa shape index (κ3) is 1.75. The molecule has 2 rings (SSSR count). The first kappa shape index (κ1) is 10.2. The van der Waals surface area contributed by atoms with Crippen LogP contribution in [0.1, 0.15) is 11.4 Å². The number of aromatic amines is 1. The molecule has 0 amide bonds. The van der Waals surface area contributed by atoms with Gasteiger partial charge in [0.05, 0.1) is 12.8 Å². The van der Waals surface area contributed by atoms with E-state index in [1.54, 1.807) is 7.11 Å². The Hall–Kier alpha value is -2.28. The van der Waals surface area contributed by atoms with Crippen molar-refractivity contribution in [2.45, 2.75) is 6.92 Å². The quantitative estimate of drug-likeness (QED) is 0.832. The zero-order chi connectivity index (χ0) is 11.5. The third-order valence-electron chi connectivity index (χ3n) is 2.33. The second-order valence-corrected chi connectivity index (χ2v) is 3.40. The molecule has 0 aliphatic heterocycles. The van der Waals surface area contributed by atoms with Gasteiger partial charge in [0.2, 0.25) is 0 Å². The maximum atomic E-state index is 8.82. The van der Waals surface area contributed by atoms with Gasteiger partial charge < -0.3 is 9.72 Å². The molecule has 4 nitrogen and oxygen atoms in total. The maximum Gasteiger partial charge on any atom is 0.161 e. The van der Waals surface area contributed by atoms with Crippen LogP contribution in [-0.2, 0) is 0 Å². The summed E-state index contributed by atoms with van der Waals surface area (Å²) in [5, 5.41) is 8.82. The van der Waals surface area contributed by atoms with Gasteiger partial charge in [-0.15, -0.1) is 0 Å². The number of benzene rings is 1. The summed E-state index contributed by atoms with van der Waals surface area (Å²) in [7, 11) is 1.62. The smallest absolute Gasteiger partial charge is 0.161 e. The first-order valence-electron chi connectivity index (χ1n) is 4.85. The number of nitrogens with zero attached hydrogens (tertiary/aromatic N) is 2. The van der Waals surface area contributed by atoms with E-state index in [4.69, 9.17) is 10.00 Å². The summed E-state index contributed by atoms with van der Waals surface area (Å²) in [4.78, 5) is 7.28. The van der Waals surface area contributed by atoms with Crippen molar-refractivity contribution in [1.82, 2.24) is 9.97 Å². The molecule has 4 heteroatoms. The highest BCUT2D eigenvalue weighted by atomic mass is 16.5. The van der Waals surface area contributed by atoms with Crippen molar-refractivity contribution in [2.24, 2.45) is 0 Å². The minimum Gasteiger partial charge on any atom is -0.497 e. The molecule has 0 aliphatic carbocycles. The number of ether oxygens (including phenoxy) is 1. The Kier molecular flexibility index (Phi) is 2.61. The predicted molar refractivity (Wildman–Crippen MR) is 60.0 cm³/mol. The third-order valence-corrected chi connectivity index (χ3v) is 2.33. The number of nitriles is 1. The molecule has 0 atom stereocenters. The SMILES string of the molecule is COc1cccc(-c2nc(C#N)c(C)[nH]2)c1. The van der Waals surface area contributed by atoms with Gasteiger partial charge in [-0.05, 0) is 19.1 Å². The second kappa shape index (κ2) is 4.07. The number of methoxy groups -OCH3 is 1. The summed E-state index contributed by atoms with van der Waals surface area (Å²) in [6.45, 7) is 1.83. The first-order chi connectivity index (χ1) is 7.74. The second-order valence-electron chi connectivity index (χ2n) is 3.40. The van der Waals surface area contributed by atoms with Gasteiger partial charge in [-0.2, -0.15) is 5.26 Å². The Bertz CT molecular complexity index is 552. The van der Waals surface area contributed by atoms with E-state index in [-0.39, 0.29) is 0 Å². The fraction of sp³-hybridized carbons (Fsp3) is 0.167. The van der Waals surface area contributed by atoms with Gasteiger partial charge in [-0.1, -0.05) is 12.1 Å². The van der Waals surface area contributed by atoms with Crippen molar-refractivity contribution >= 4 is 0 Å². The number of hydrogen-bond donors (Lipinski definition) is 1. The van der Waals surface area contributed by atoms with Crippen LogP contribution in [0.15, 0.2) is 24.3 Å². The number of H-pyrrole nitrogens is 1. The van der Waals surface area contributed by atoms with E-state index < -0.39 is 0 Å². The Morgan fingerprint density at radius 1 is 1.44 bits per heavy atom. The van der Waals surface area contributed by atoms with Gasteiger partial charge in [0.1, 0.15) is 17.6 Å². The van der Waals surface area contributed by atoms with Crippen LogP contribution >= 0.6 is 0 Å². The van der Waals surface area contributed by atoms with E-state index in [1.165, 1.54) is 0 Å². The summed E-state index contributed by atoms with van der Waals surface area (Å²) in [6.07, 6.45) is 0. The van der Waals surface area contributed by atoms with Crippen molar-refractivity contribution in [3.05, 3.63) is 35.7 Å². The van der Waals surface area contributed by atoms with E-state index >= 15 is 0 Å². The van der Waals surface area contributed by atoms with E-state index in [0.29, 0.717) is 11.5 Å². The summed E-state index contributed by atoms with van der Waals surface area (Å²) >= 11 is 0. The lowest BCUT2D eigenvalue weighted by Gasteiger charge is -2.01. The molecule has 0 fully saturated rings. The zero-order valence-corrected chi connectivity index (χ0v) is 9.11. The topological polar surface area (TPSA) is 61.7 Å². The van der Waals surface area contributed by atoms with Gasteiger partial charge in [-0.3, -0.25) is 0 Å². The van der Waals surface area contributed by atoms with Gasteiger partial charge in [-0.25, -0.2) is 4.98 Å². The number of imidazole rings is 1. The van der Waals surface area contributed by atoms with Crippen molar-refractivity contribution < 1.29 is 4.74 Å². The molecule has 16 heavy (non-hydrogen) atoms. The lowest BCUT2D eigenvalue weighted by atomic mass is 10.2. The summed E-state index contributed by atoms with van der Waals surface area (Å²) in [5.41, 5.74) is 2.11. The normalized spacial score (nSPS) is 9.81. The molecular weight excluding hydrogens is 202 g/mol. The molecular formula is C12H11N3O. The van der Waals surface area contributed by atoms with Crippen molar-refractivity contribution in [3.63, 3.8) is 0 Å². The van der Waals surface area contributed by atoms with E-state index in [2.05, 4.69) is 9.97 Å². The Morgan fingerprint density at radius 3 is 2.88 bits per heavy atom. The zero-order valence-electron chi connectivity index (χ0n) is 9.11. The van der Waals surface area contributed by atoms with E-state index in [1.807, 2.05) is 37.3 Å². The van der Waals surface area contributed by atoms with Crippen LogP contribution in [-0.4, -0.2) is 17.1 Å². The summed E-state index contributed by atoms with van der Waals surface area (Å²) in [6, 6.07) is 9.59. The Morgan fingerprint density at radius 2 is 2.25 bits per heavy atom. The average molecular weight is 213 g/mol. The van der Waals surface area contributed by atoms with Crippen molar-refractivity contribution in [3.8, 4) is 23.2 Å². The molecule has 0 aliphatic rings. The number of hydrogen-bond acceptors (Lipinski definition) is 3. The molecule has 0 spiro atoms. The molecule has 0 bridgehead atoms. The lowest BCUT2D eigenvalue weighted by Crippen LogP contribution is -1.85. The highest BCUT2D eigenvalue weighted by molar-refractivity contribution is 5.59. The number of aromatic nitrogens is 2. The minimum absolute atomic E-state index is 0.429. The molecule has 0 saturated heterocycles. The summed E-state index contributed by atoms with van der Waals surface area (Å²) in [5.74, 6) is 1.46. The standard InChI is InChI=1S/C12H11N3O/c1-8-11(7-13)15-12(14-8)9-4-3-5-10(6-9)16-2/h3-6H,1-2H3,(H,14,15). The van der Waals surface area contributed by atoms with Crippen LogP contribution in [0, 0.1) is 18.3 Å². The van der Waals surface area contributed by atoms with Crippen molar-refractivity contribution in [2.75, 3.05) is 7.11 Å². The molecule has 0 radical (unpaired) electrons. The van der Waals surface area contributed by atoms with Crippen molar-refractivity contribution in [1.29, 1.82) is 5.26 Å². The van der Waals surface area contributed by atoms with Crippen LogP contribution in [0.25, 0.3) is 11.4 Å². The monoisotopic (exact) mass is 213 g/mol. The van der Waals surface area contributed by atoms with Crippen LogP contribution in [0.5, 0.6) is 5.75 Å². The Balaban J connectivity index is 2.46. The largest absolute Gasteiger partial charge is 0.497 e. The van der Waals surface area contributed by atoms with E-state index in [0.717, 1.165) is 17.0 Å². The fourth-order valence-electron chi connectivity index (χ4n) is 1.48. The lowest BCUT2D eigenvalue weighted by molar-refractivity contribution is 0.415. The first-order valence-corrected chi connectivity index (χ1v) is 4.85. The fourth-order valence-corrected chi connectivity index (χ4v) is 1.48. The van der Waals surface area contributed by atoms with Crippen LogP contribution in [0.4, 0.5) is 0 Å².